The van der Waals surface area contributed by atoms with Crippen molar-refractivity contribution in [3.8, 4) is 0 Å². The Kier molecular flexibility index (Phi) is 3.11. The Morgan fingerprint density at radius 1 is 0.789 bits per heavy atom. The van der Waals surface area contributed by atoms with Crippen molar-refractivity contribution in [3.05, 3.63) is 71.4 Å². The highest BCUT2D eigenvalue weighted by Crippen LogP contribution is 2.29. The van der Waals surface area contributed by atoms with Gasteiger partial charge in [-0.15, -0.1) is 0 Å². The molecule has 0 aliphatic carbocycles. The zero-order valence-corrected chi connectivity index (χ0v) is 11.3. The third-order valence-electron chi connectivity index (χ3n) is 3.00. The van der Waals surface area contributed by atoms with Gasteiger partial charge in [0.1, 0.15) is 0 Å². The first kappa shape index (κ1) is 12.0. The van der Waals surface area contributed by atoms with E-state index in [9.17, 15) is 0 Å². The predicted octanol–water partition coefficient (Wildman–Crippen LogP) is 3.18. The molecular formula is C15H13N3S-. The maximum absolute atomic E-state index is 5.48. The Hall–Kier alpha value is -2.04. The van der Waals surface area contributed by atoms with Crippen LogP contribution in [0.2, 0.25) is 0 Å². The van der Waals surface area contributed by atoms with E-state index in [1.165, 1.54) is 0 Å². The van der Waals surface area contributed by atoms with Gasteiger partial charge in [-0.1, -0.05) is 41.4 Å². The lowest BCUT2D eigenvalue weighted by atomic mass is 10.3. The molecule has 2 aromatic carbocycles. The Balaban J connectivity index is 1.94. The molecule has 0 saturated carbocycles. The van der Waals surface area contributed by atoms with E-state index < -0.39 is 0 Å². The molecular weight excluding hydrogens is 254 g/mol. The van der Waals surface area contributed by atoms with Crippen LogP contribution in [-0.2, 0) is 12.6 Å². The van der Waals surface area contributed by atoms with Gasteiger partial charge in [0.05, 0.1) is 11.4 Å². The molecule has 1 aliphatic rings. The number of hydrogen-bond acceptors (Lipinski definition) is 3. The van der Waals surface area contributed by atoms with Crippen LogP contribution < -0.4 is 15.6 Å². The zero-order chi connectivity index (χ0) is 13.2. The van der Waals surface area contributed by atoms with Crippen molar-refractivity contribution in [1.82, 2.24) is 5.53 Å². The van der Waals surface area contributed by atoms with E-state index in [4.69, 9.17) is 12.6 Å². The summed E-state index contributed by atoms with van der Waals surface area (Å²) in [5.41, 5.74) is 7.53. The fraction of sp³-hybridized carbons (Fsp3) is 0.0667. The highest BCUT2D eigenvalue weighted by atomic mass is 32.1. The van der Waals surface area contributed by atoms with Crippen LogP contribution in [0.25, 0.3) is 0 Å². The highest BCUT2D eigenvalue weighted by molar-refractivity contribution is 7.63. The second kappa shape index (κ2) is 4.91. The van der Waals surface area contributed by atoms with E-state index in [0.29, 0.717) is 0 Å². The van der Waals surface area contributed by atoms with Gasteiger partial charge in [-0.2, -0.15) is 0 Å². The van der Waals surface area contributed by atoms with Crippen molar-refractivity contribution in [2.24, 2.45) is 0 Å². The number of nitrogens with zero attached hydrogens (tertiary/aromatic N) is 3. The fourth-order valence-corrected chi connectivity index (χ4v) is 2.22. The maximum atomic E-state index is 5.48. The normalized spacial score (nSPS) is 15.2. The van der Waals surface area contributed by atoms with Crippen LogP contribution in [0.5, 0.6) is 0 Å². The van der Waals surface area contributed by atoms with Crippen molar-refractivity contribution in [2.75, 3.05) is 10.0 Å². The second-order valence-electron chi connectivity index (χ2n) is 4.27. The van der Waals surface area contributed by atoms with E-state index in [1.54, 1.807) is 5.01 Å². The van der Waals surface area contributed by atoms with Crippen molar-refractivity contribution in [2.45, 2.75) is 6.92 Å². The number of anilines is 2. The Bertz CT molecular complexity index is 542. The summed E-state index contributed by atoms with van der Waals surface area (Å²) in [5.74, 6) is 0. The summed E-state index contributed by atoms with van der Waals surface area (Å²) in [7, 11) is 0. The van der Waals surface area contributed by atoms with Crippen LogP contribution in [0.3, 0.4) is 0 Å². The minimum atomic E-state index is 0.732. The van der Waals surface area contributed by atoms with Crippen LogP contribution in [-0.4, -0.2) is 0 Å². The standard InChI is InChI=1S/C15H14N3S/c1-12-15(19)18(14-10-6-3-7-11-14)16-17(12)13-8-4-2-5-9-13/h2-11,19H,1H3/p-1. The summed E-state index contributed by atoms with van der Waals surface area (Å²) in [5, 5.41) is 4.39. The summed E-state index contributed by atoms with van der Waals surface area (Å²) >= 11 is 5.48. The van der Waals surface area contributed by atoms with Gasteiger partial charge >= 0.3 is 0 Å². The number of allylic oxidation sites excluding steroid dienone is 1. The highest BCUT2D eigenvalue weighted by Gasteiger charge is 2.23. The minimum absolute atomic E-state index is 0.732. The van der Waals surface area contributed by atoms with E-state index in [2.05, 4.69) is 5.53 Å². The molecule has 0 saturated heterocycles. The Morgan fingerprint density at radius 3 is 1.79 bits per heavy atom. The minimum Gasteiger partial charge on any atom is -0.759 e. The fourth-order valence-electron chi connectivity index (χ4n) is 1.99. The van der Waals surface area contributed by atoms with Gasteiger partial charge in [0, 0.05) is 5.70 Å². The van der Waals surface area contributed by atoms with Gasteiger partial charge in [-0.05, 0) is 36.7 Å². The van der Waals surface area contributed by atoms with Gasteiger partial charge in [0.25, 0.3) is 0 Å². The topological polar surface area (TPSA) is 20.6 Å². The first-order chi connectivity index (χ1) is 9.27. The molecule has 3 nitrogen and oxygen atoms in total. The maximum Gasteiger partial charge on any atom is 0.0610 e. The summed E-state index contributed by atoms with van der Waals surface area (Å²) in [6.07, 6.45) is 0. The van der Waals surface area contributed by atoms with E-state index in [1.807, 2.05) is 72.6 Å². The van der Waals surface area contributed by atoms with E-state index in [-0.39, 0.29) is 0 Å². The second-order valence-corrected chi connectivity index (χ2v) is 4.66. The molecule has 4 heteroatoms. The molecule has 95 valence electrons. The van der Waals surface area contributed by atoms with Crippen molar-refractivity contribution in [1.29, 1.82) is 0 Å². The monoisotopic (exact) mass is 267 g/mol. The van der Waals surface area contributed by atoms with Crippen LogP contribution in [0, 0.1) is 0 Å². The summed E-state index contributed by atoms with van der Waals surface area (Å²) in [4.78, 5) is 0. The average Bonchev–Trinajstić information content (AvgIpc) is 2.77. The SMILES string of the molecule is CC1=C([S-])N(c2ccccc2)[N]N1c1ccccc1. The molecule has 3 rings (SSSR count). The van der Waals surface area contributed by atoms with Crippen LogP contribution >= 0.6 is 0 Å². The largest absolute Gasteiger partial charge is 0.759 e. The van der Waals surface area contributed by atoms with Crippen LogP contribution in [0.1, 0.15) is 6.92 Å². The van der Waals surface area contributed by atoms with Crippen molar-refractivity contribution >= 4 is 24.0 Å². The van der Waals surface area contributed by atoms with E-state index in [0.717, 1.165) is 22.1 Å². The van der Waals surface area contributed by atoms with Gasteiger partial charge < -0.3 is 12.6 Å². The number of benzene rings is 2. The molecule has 0 unspecified atom stereocenters. The predicted molar refractivity (Wildman–Crippen MR) is 80.0 cm³/mol. The summed E-state index contributed by atoms with van der Waals surface area (Å²) in [6.45, 7) is 1.99. The Morgan fingerprint density at radius 2 is 1.26 bits per heavy atom. The summed E-state index contributed by atoms with van der Waals surface area (Å²) < 4.78 is 0. The molecule has 1 aliphatic heterocycles. The average molecular weight is 267 g/mol. The quantitative estimate of drug-likeness (QED) is 0.780. The first-order valence-electron chi connectivity index (χ1n) is 6.07. The van der Waals surface area contributed by atoms with Gasteiger partial charge in [0.2, 0.25) is 0 Å². The molecule has 0 bridgehead atoms. The van der Waals surface area contributed by atoms with E-state index >= 15 is 0 Å². The smallest absolute Gasteiger partial charge is 0.0610 e. The molecule has 0 spiro atoms. The lowest BCUT2D eigenvalue weighted by Gasteiger charge is -2.24. The molecule has 0 amide bonds. The third-order valence-corrected chi connectivity index (χ3v) is 3.47. The van der Waals surface area contributed by atoms with Gasteiger partial charge in [0.15, 0.2) is 0 Å². The molecule has 1 radical (unpaired) electrons. The van der Waals surface area contributed by atoms with Gasteiger partial charge in [-0.25, -0.2) is 5.01 Å². The number of hydrogen-bond donors (Lipinski definition) is 0. The number of para-hydroxylation sites is 2. The Labute approximate surface area is 118 Å². The molecule has 0 fully saturated rings. The molecule has 0 N–H and O–H groups in total. The third kappa shape index (κ3) is 2.16. The summed E-state index contributed by atoms with van der Waals surface area (Å²) in [6, 6.07) is 19.9. The lowest BCUT2D eigenvalue weighted by molar-refractivity contribution is 0.722. The zero-order valence-electron chi connectivity index (χ0n) is 10.5. The first-order valence-corrected chi connectivity index (χ1v) is 6.48. The van der Waals surface area contributed by atoms with Gasteiger partial charge in [-0.3, -0.25) is 5.01 Å². The number of rotatable bonds is 2. The molecule has 0 atom stereocenters. The van der Waals surface area contributed by atoms with Crippen LogP contribution in [0.4, 0.5) is 11.4 Å². The molecule has 0 aromatic heterocycles. The molecule has 2 aromatic rings. The van der Waals surface area contributed by atoms with Crippen molar-refractivity contribution in [3.63, 3.8) is 0 Å². The molecule has 1 heterocycles. The van der Waals surface area contributed by atoms with Crippen molar-refractivity contribution < 1.29 is 0 Å². The lowest BCUT2D eigenvalue weighted by Crippen LogP contribution is -2.34. The van der Waals surface area contributed by atoms with Crippen LogP contribution in [0.15, 0.2) is 71.4 Å². The molecule has 19 heavy (non-hydrogen) atoms.